The van der Waals surface area contributed by atoms with Crippen molar-refractivity contribution < 1.29 is 33.8 Å². The molecule has 0 aromatic heterocycles. The predicted octanol–water partition coefficient (Wildman–Crippen LogP) is 6.50. The van der Waals surface area contributed by atoms with E-state index in [9.17, 15) is 24.3 Å². The van der Waals surface area contributed by atoms with Crippen LogP contribution in [0.2, 0.25) is 0 Å². The fraction of sp³-hybridized carbons (Fsp3) is 0.152. The van der Waals surface area contributed by atoms with Gasteiger partial charge in [0.15, 0.2) is 0 Å². The molecule has 0 unspecified atom stereocenters. The minimum absolute atomic E-state index is 0.0748. The standard InChI is InChI=1S/C33H29N3O7/c1-20-10-12-26(13-11-20)35-36-27-16-14-25(15-17-27)34-30(37)28(42-32(40)23-8-4-6-21(2)18-23)29(31(38)39)43-33(41)24-9-5-7-22(3)19-24/h4-19,28-29H,1-3H3,(H,34,37)(H,38,39)/t28-,29+/m0/s1. The van der Waals surface area contributed by atoms with Crippen LogP contribution in [-0.4, -0.2) is 41.1 Å². The van der Waals surface area contributed by atoms with Crippen LogP contribution in [0.15, 0.2) is 107 Å². The normalized spacial score (nSPS) is 12.3. The minimum atomic E-state index is -2.15. The van der Waals surface area contributed by atoms with Gasteiger partial charge in [0.05, 0.1) is 22.5 Å². The number of ether oxygens (including phenoxy) is 2. The number of esters is 2. The average Bonchev–Trinajstić information content (AvgIpc) is 2.99. The summed E-state index contributed by atoms with van der Waals surface area (Å²) in [6, 6.07) is 26.4. The maximum Gasteiger partial charge on any atom is 0.349 e. The summed E-state index contributed by atoms with van der Waals surface area (Å²) in [5.74, 6) is -4.65. The van der Waals surface area contributed by atoms with Crippen LogP contribution in [0, 0.1) is 20.8 Å². The topological polar surface area (TPSA) is 144 Å². The first kappa shape index (κ1) is 30.3. The lowest BCUT2D eigenvalue weighted by Gasteiger charge is -2.23. The lowest BCUT2D eigenvalue weighted by molar-refractivity contribution is -0.157. The Bertz CT molecular complexity index is 1660. The second-order valence-electron chi connectivity index (χ2n) is 9.80. The van der Waals surface area contributed by atoms with E-state index < -0.39 is 36.0 Å². The van der Waals surface area contributed by atoms with Gasteiger partial charge in [-0.3, -0.25) is 4.79 Å². The van der Waals surface area contributed by atoms with E-state index in [1.54, 1.807) is 50.2 Å². The monoisotopic (exact) mass is 579 g/mol. The highest BCUT2D eigenvalue weighted by Crippen LogP contribution is 2.22. The van der Waals surface area contributed by atoms with Crippen molar-refractivity contribution >= 4 is 40.9 Å². The first-order chi connectivity index (χ1) is 20.6. The van der Waals surface area contributed by atoms with E-state index in [0.29, 0.717) is 11.4 Å². The number of hydrogen-bond donors (Lipinski definition) is 2. The van der Waals surface area contributed by atoms with Crippen molar-refractivity contribution in [2.45, 2.75) is 33.0 Å². The van der Waals surface area contributed by atoms with Crippen LogP contribution < -0.4 is 5.32 Å². The molecule has 0 aliphatic rings. The number of carbonyl (C=O) groups excluding carboxylic acids is 3. The molecule has 0 radical (unpaired) electrons. The molecule has 0 saturated carbocycles. The van der Waals surface area contributed by atoms with Gasteiger partial charge in [-0.05, 0) is 81.4 Å². The Kier molecular flexibility index (Phi) is 9.74. The molecule has 4 aromatic rings. The van der Waals surface area contributed by atoms with E-state index in [4.69, 9.17) is 9.47 Å². The molecule has 0 spiro atoms. The molecule has 0 bridgehead atoms. The summed E-state index contributed by atoms with van der Waals surface area (Å²) in [6.45, 7) is 5.48. The molecule has 2 atom stereocenters. The molecule has 218 valence electrons. The summed E-state index contributed by atoms with van der Waals surface area (Å²) >= 11 is 0. The third-order valence-corrected chi connectivity index (χ3v) is 6.20. The number of nitrogens with zero attached hydrogens (tertiary/aromatic N) is 2. The van der Waals surface area contributed by atoms with E-state index >= 15 is 0 Å². The second kappa shape index (κ2) is 13.8. The average molecular weight is 580 g/mol. The number of aryl methyl sites for hydroxylation is 3. The van der Waals surface area contributed by atoms with Gasteiger partial charge in [-0.2, -0.15) is 10.2 Å². The molecule has 4 rings (SSSR count). The second-order valence-corrected chi connectivity index (χ2v) is 9.80. The van der Waals surface area contributed by atoms with Crippen molar-refractivity contribution in [3.05, 3.63) is 125 Å². The Morgan fingerprint density at radius 2 is 1.09 bits per heavy atom. The number of azo groups is 1. The van der Waals surface area contributed by atoms with Gasteiger partial charge in [0, 0.05) is 5.69 Å². The smallest absolute Gasteiger partial charge is 0.349 e. The summed E-state index contributed by atoms with van der Waals surface area (Å²) in [6.07, 6.45) is -4.18. The first-order valence-corrected chi connectivity index (χ1v) is 13.3. The first-order valence-electron chi connectivity index (χ1n) is 13.3. The lowest BCUT2D eigenvalue weighted by Crippen LogP contribution is -2.48. The van der Waals surface area contributed by atoms with Crippen molar-refractivity contribution in [3.63, 3.8) is 0 Å². The molecule has 0 fully saturated rings. The van der Waals surface area contributed by atoms with Crippen LogP contribution in [0.4, 0.5) is 17.1 Å². The third-order valence-electron chi connectivity index (χ3n) is 6.20. The lowest BCUT2D eigenvalue weighted by atomic mass is 10.1. The van der Waals surface area contributed by atoms with Gasteiger partial charge in [-0.15, -0.1) is 0 Å². The van der Waals surface area contributed by atoms with Gasteiger partial charge in [-0.25, -0.2) is 14.4 Å². The number of amides is 1. The predicted molar refractivity (Wildman–Crippen MR) is 159 cm³/mol. The van der Waals surface area contributed by atoms with Gasteiger partial charge < -0.3 is 19.9 Å². The molecule has 2 N–H and O–H groups in total. The van der Waals surface area contributed by atoms with E-state index in [1.165, 1.54) is 36.4 Å². The van der Waals surface area contributed by atoms with Gasteiger partial charge in [-0.1, -0.05) is 53.1 Å². The Morgan fingerprint density at radius 1 is 0.628 bits per heavy atom. The summed E-state index contributed by atoms with van der Waals surface area (Å²) in [5.41, 5.74) is 4.17. The van der Waals surface area contributed by atoms with Crippen LogP contribution in [-0.2, 0) is 19.1 Å². The maximum absolute atomic E-state index is 13.4. The molecule has 4 aromatic carbocycles. The van der Waals surface area contributed by atoms with E-state index in [0.717, 1.165) is 16.7 Å². The van der Waals surface area contributed by atoms with E-state index in [2.05, 4.69) is 15.5 Å². The molecular formula is C33H29N3O7. The Morgan fingerprint density at radius 3 is 1.56 bits per heavy atom. The van der Waals surface area contributed by atoms with E-state index in [1.807, 2.05) is 31.2 Å². The molecule has 0 heterocycles. The number of carbonyl (C=O) groups is 4. The molecule has 10 heteroatoms. The number of carboxylic acids is 1. The van der Waals surface area contributed by atoms with Gasteiger partial charge in [0.25, 0.3) is 5.91 Å². The maximum atomic E-state index is 13.4. The zero-order chi connectivity index (χ0) is 30.9. The van der Waals surface area contributed by atoms with Crippen LogP contribution >= 0.6 is 0 Å². The van der Waals surface area contributed by atoms with Crippen molar-refractivity contribution in [2.75, 3.05) is 5.32 Å². The van der Waals surface area contributed by atoms with Crippen molar-refractivity contribution in [2.24, 2.45) is 10.2 Å². The SMILES string of the molecule is Cc1ccc(N=Nc2ccc(NC(=O)[C@@H](OC(=O)c3cccc(C)c3)[C@@H](OC(=O)c3cccc(C)c3)C(=O)O)cc2)cc1. The zero-order valence-electron chi connectivity index (χ0n) is 23.7. The van der Waals surface area contributed by atoms with E-state index in [-0.39, 0.29) is 16.8 Å². The quantitative estimate of drug-likeness (QED) is 0.161. The highest BCUT2D eigenvalue weighted by atomic mass is 16.6. The highest BCUT2D eigenvalue weighted by Gasteiger charge is 2.41. The molecule has 43 heavy (non-hydrogen) atoms. The fourth-order valence-corrected chi connectivity index (χ4v) is 3.96. The van der Waals surface area contributed by atoms with Crippen LogP contribution in [0.25, 0.3) is 0 Å². The zero-order valence-corrected chi connectivity index (χ0v) is 23.7. The number of rotatable bonds is 10. The summed E-state index contributed by atoms with van der Waals surface area (Å²) in [4.78, 5) is 51.5. The molecule has 1 amide bonds. The number of carboxylic acid groups (broad SMARTS) is 1. The number of anilines is 1. The molecule has 10 nitrogen and oxygen atoms in total. The number of nitrogens with one attached hydrogen (secondary N) is 1. The van der Waals surface area contributed by atoms with Crippen molar-refractivity contribution in [1.82, 2.24) is 0 Å². The number of benzene rings is 4. The van der Waals surface area contributed by atoms with Gasteiger partial charge >= 0.3 is 17.9 Å². The van der Waals surface area contributed by atoms with Crippen LogP contribution in [0.5, 0.6) is 0 Å². The van der Waals surface area contributed by atoms with Gasteiger partial charge in [0.2, 0.25) is 12.2 Å². The number of aliphatic carboxylic acids is 1. The highest BCUT2D eigenvalue weighted by molar-refractivity contribution is 6.01. The Balaban J connectivity index is 1.56. The largest absolute Gasteiger partial charge is 0.478 e. The molecule has 0 aliphatic carbocycles. The molecule has 0 aliphatic heterocycles. The van der Waals surface area contributed by atoms with Crippen molar-refractivity contribution in [1.29, 1.82) is 0 Å². The van der Waals surface area contributed by atoms with Crippen LogP contribution in [0.1, 0.15) is 37.4 Å². The summed E-state index contributed by atoms with van der Waals surface area (Å²) < 4.78 is 10.6. The third kappa shape index (κ3) is 8.43. The molecule has 0 saturated heterocycles. The Labute approximate surface area is 248 Å². The van der Waals surface area contributed by atoms with Crippen molar-refractivity contribution in [3.8, 4) is 0 Å². The number of hydrogen-bond acceptors (Lipinski definition) is 8. The van der Waals surface area contributed by atoms with Gasteiger partial charge in [0.1, 0.15) is 0 Å². The summed E-state index contributed by atoms with van der Waals surface area (Å²) in [5, 5.41) is 20.8. The van der Waals surface area contributed by atoms with Crippen LogP contribution in [0.3, 0.4) is 0 Å². The summed E-state index contributed by atoms with van der Waals surface area (Å²) in [7, 11) is 0. The Hall–Kier alpha value is -5.64. The molecular weight excluding hydrogens is 550 g/mol. The minimum Gasteiger partial charge on any atom is -0.478 e. The fourth-order valence-electron chi connectivity index (χ4n) is 3.96.